The van der Waals surface area contributed by atoms with Crippen molar-refractivity contribution >= 4 is 11.8 Å². The molecule has 2 N–H and O–H groups in total. The lowest BCUT2D eigenvalue weighted by molar-refractivity contribution is -0.137. The van der Waals surface area contributed by atoms with E-state index in [1.165, 1.54) is 0 Å². The quantitative estimate of drug-likeness (QED) is 0.686. The molecule has 15 heavy (non-hydrogen) atoms. The van der Waals surface area contributed by atoms with Crippen LogP contribution in [-0.2, 0) is 9.59 Å². The molecule has 0 saturated carbocycles. The molecular weight excluding hydrogens is 192 g/mol. The topological polar surface area (TPSA) is 63.4 Å². The summed E-state index contributed by atoms with van der Waals surface area (Å²) in [6, 6.07) is -0.415. The van der Waals surface area contributed by atoms with Crippen molar-refractivity contribution in [2.75, 3.05) is 6.54 Å². The number of piperidine rings is 1. The van der Waals surface area contributed by atoms with Gasteiger partial charge in [-0.15, -0.1) is 0 Å². The van der Waals surface area contributed by atoms with Gasteiger partial charge in [-0.2, -0.15) is 0 Å². The van der Waals surface area contributed by atoms with Crippen molar-refractivity contribution in [3.63, 3.8) is 0 Å². The molecule has 1 aliphatic heterocycles. The number of rotatable bonds is 2. The minimum absolute atomic E-state index is 0.0986. The molecule has 2 amide bonds. The number of primary amides is 1. The fourth-order valence-electron chi connectivity index (χ4n) is 1.82. The van der Waals surface area contributed by atoms with Crippen molar-refractivity contribution in [3.8, 4) is 0 Å². The van der Waals surface area contributed by atoms with E-state index in [0.29, 0.717) is 13.0 Å². The van der Waals surface area contributed by atoms with Crippen LogP contribution in [0.4, 0.5) is 0 Å². The van der Waals surface area contributed by atoms with E-state index in [2.05, 4.69) is 0 Å². The summed E-state index contributed by atoms with van der Waals surface area (Å²) in [6.45, 7) is 4.36. The van der Waals surface area contributed by atoms with Crippen LogP contribution in [-0.4, -0.2) is 29.3 Å². The molecule has 1 fully saturated rings. The summed E-state index contributed by atoms with van der Waals surface area (Å²) in [4.78, 5) is 24.5. The Kier molecular flexibility index (Phi) is 3.88. The van der Waals surface area contributed by atoms with Crippen molar-refractivity contribution in [2.45, 2.75) is 39.2 Å². The summed E-state index contributed by atoms with van der Waals surface area (Å²) < 4.78 is 0. The minimum Gasteiger partial charge on any atom is -0.368 e. The number of hydrogen-bond acceptors (Lipinski definition) is 2. The highest BCUT2D eigenvalue weighted by Gasteiger charge is 2.29. The Labute approximate surface area is 90.1 Å². The number of allylic oxidation sites excluding steroid dienone is 1. The van der Waals surface area contributed by atoms with E-state index in [-0.39, 0.29) is 5.91 Å². The summed E-state index contributed by atoms with van der Waals surface area (Å²) >= 11 is 0. The van der Waals surface area contributed by atoms with E-state index in [4.69, 9.17) is 5.73 Å². The maximum Gasteiger partial charge on any atom is 0.247 e. The summed E-state index contributed by atoms with van der Waals surface area (Å²) in [5.41, 5.74) is 6.21. The lowest BCUT2D eigenvalue weighted by atomic mass is 10.0. The van der Waals surface area contributed by atoms with Crippen LogP contribution < -0.4 is 5.73 Å². The highest BCUT2D eigenvalue weighted by atomic mass is 16.2. The van der Waals surface area contributed by atoms with Crippen molar-refractivity contribution in [1.29, 1.82) is 0 Å². The molecular formula is C11H18N2O2. The van der Waals surface area contributed by atoms with Crippen LogP contribution >= 0.6 is 0 Å². The van der Waals surface area contributed by atoms with E-state index in [1.54, 1.807) is 11.0 Å². The fraction of sp³-hybridized carbons (Fsp3) is 0.636. The Morgan fingerprint density at radius 2 is 2.00 bits per heavy atom. The van der Waals surface area contributed by atoms with Crippen LogP contribution in [0.1, 0.15) is 33.1 Å². The molecule has 1 unspecified atom stereocenters. The van der Waals surface area contributed by atoms with Gasteiger partial charge in [0.2, 0.25) is 11.8 Å². The highest BCUT2D eigenvalue weighted by molar-refractivity contribution is 5.93. The van der Waals surface area contributed by atoms with Gasteiger partial charge in [-0.3, -0.25) is 9.59 Å². The van der Waals surface area contributed by atoms with Crippen molar-refractivity contribution in [2.24, 2.45) is 5.73 Å². The average molecular weight is 210 g/mol. The molecule has 4 heteroatoms. The van der Waals surface area contributed by atoms with Crippen LogP contribution in [0.25, 0.3) is 0 Å². The second-order valence-corrected chi connectivity index (χ2v) is 4.17. The van der Waals surface area contributed by atoms with Crippen LogP contribution in [0.3, 0.4) is 0 Å². The molecule has 1 rings (SSSR count). The third-order valence-electron chi connectivity index (χ3n) is 2.53. The average Bonchev–Trinajstić information content (AvgIpc) is 2.16. The zero-order valence-corrected chi connectivity index (χ0v) is 9.32. The molecule has 1 aliphatic rings. The second-order valence-electron chi connectivity index (χ2n) is 4.17. The first-order valence-corrected chi connectivity index (χ1v) is 5.27. The molecule has 1 heterocycles. The van der Waals surface area contributed by atoms with Gasteiger partial charge in [0.15, 0.2) is 0 Å². The summed E-state index contributed by atoms with van der Waals surface area (Å²) in [7, 11) is 0. The molecule has 0 aromatic rings. The zero-order valence-electron chi connectivity index (χ0n) is 9.32. The third kappa shape index (κ3) is 3.08. The summed E-state index contributed by atoms with van der Waals surface area (Å²) in [5, 5.41) is 0. The maximum atomic E-state index is 11.8. The van der Waals surface area contributed by atoms with Crippen molar-refractivity contribution in [3.05, 3.63) is 11.6 Å². The van der Waals surface area contributed by atoms with Gasteiger partial charge >= 0.3 is 0 Å². The van der Waals surface area contributed by atoms with Crippen molar-refractivity contribution in [1.82, 2.24) is 4.90 Å². The lowest BCUT2D eigenvalue weighted by Crippen LogP contribution is -2.50. The maximum absolute atomic E-state index is 11.8. The summed E-state index contributed by atoms with van der Waals surface area (Å²) in [5.74, 6) is -0.497. The molecule has 0 bridgehead atoms. The Morgan fingerprint density at radius 1 is 1.33 bits per heavy atom. The Morgan fingerprint density at radius 3 is 2.53 bits per heavy atom. The first-order chi connectivity index (χ1) is 7.02. The van der Waals surface area contributed by atoms with Gasteiger partial charge in [-0.1, -0.05) is 5.57 Å². The standard InChI is InChI=1S/C11H18N2O2/c1-8(2)7-10(14)13-6-4-3-5-9(13)11(12)15/h7,9H,3-6H2,1-2H3,(H2,12,15). The molecule has 1 saturated heterocycles. The number of carbonyl (C=O) groups excluding carboxylic acids is 2. The van der Waals surface area contributed by atoms with Crippen LogP contribution in [0, 0.1) is 0 Å². The molecule has 84 valence electrons. The minimum atomic E-state index is -0.415. The normalized spacial score (nSPS) is 20.9. The van der Waals surface area contributed by atoms with Gasteiger partial charge in [0, 0.05) is 12.6 Å². The van der Waals surface area contributed by atoms with Gasteiger partial charge in [0.1, 0.15) is 6.04 Å². The van der Waals surface area contributed by atoms with Crippen LogP contribution in [0.15, 0.2) is 11.6 Å². The van der Waals surface area contributed by atoms with E-state index in [1.807, 2.05) is 13.8 Å². The molecule has 1 atom stereocenters. The molecule has 4 nitrogen and oxygen atoms in total. The largest absolute Gasteiger partial charge is 0.368 e. The molecule has 0 aromatic carbocycles. The number of amides is 2. The van der Waals surface area contributed by atoms with E-state index < -0.39 is 11.9 Å². The van der Waals surface area contributed by atoms with Gasteiger partial charge in [0.25, 0.3) is 0 Å². The number of carbonyl (C=O) groups is 2. The van der Waals surface area contributed by atoms with E-state index in [0.717, 1.165) is 18.4 Å². The molecule has 0 radical (unpaired) electrons. The lowest BCUT2D eigenvalue weighted by Gasteiger charge is -2.32. The first kappa shape index (κ1) is 11.8. The molecule has 0 aromatic heterocycles. The monoisotopic (exact) mass is 210 g/mol. The fourth-order valence-corrected chi connectivity index (χ4v) is 1.82. The second kappa shape index (κ2) is 4.96. The number of nitrogens with two attached hydrogens (primary N) is 1. The van der Waals surface area contributed by atoms with Crippen LogP contribution in [0.5, 0.6) is 0 Å². The molecule has 0 spiro atoms. The van der Waals surface area contributed by atoms with E-state index in [9.17, 15) is 9.59 Å². The smallest absolute Gasteiger partial charge is 0.247 e. The number of nitrogens with zero attached hydrogens (tertiary/aromatic N) is 1. The van der Waals surface area contributed by atoms with Gasteiger partial charge in [-0.25, -0.2) is 0 Å². The van der Waals surface area contributed by atoms with Crippen molar-refractivity contribution < 1.29 is 9.59 Å². The molecule has 0 aliphatic carbocycles. The first-order valence-electron chi connectivity index (χ1n) is 5.27. The third-order valence-corrected chi connectivity index (χ3v) is 2.53. The number of hydrogen-bond donors (Lipinski definition) is 1. The summed E-state index contributed by atoms with van der Waals surface area (Å²) in [6.07, 6.45) is 4.16. The predicted octanol–water partition coefficient (Wildman–Crippen LogP) is 0.819. The SMILES string of the molecule is CC(C)=CC(=O)N1CCCCC1C(N)=O. The Hall–Kier alpha value is -1.32. The zero-order chi connectivity index (χ0) is 11.4. The predicted molar refractivity (Wildman–Crippen MR) is 58.0 cm³/mol. The number of likely N-dealkylation sites (tertiary alicyclic amines) is 1. The van der Waals surface area contributed by atoms with Crippen LogP contribution in [0.2, 0.25) is 0 Å². The van der Waals surface area contributed by atoms with E-state index >= 15 is 0 Å². The van der Waals surface area contributed by atoms with Gasteiger partial charge in [-0.05, 0) is 33.1 Å². The van der Waals surface area contributed by atoms with Gasteiger partial charge in [0.05, 0.1) is 0 Å². The van der Waals surface area contributed by atoms with Gasteiger partial charge < -0.3 is 10.6 Å². The Balaban J connectivity index is 2.76. The highest BCUT2D eigenvalue weighted by Crippen LogP contribution is 2.17. The Bertz CT molecular complexity index is 293.